The largest absolute Gasteiger partial charge is 0.458 e. The van der Waals surface area contributed by atoms with Crippen LogP contribution in [0.1, 0.15) is 17.0 Å². The average Bonchev–Trinajstić information content (AvgIpc) is 2.25. The van der Waals surface area contributed by atoms with Crippen molar-refractivity contribution in [2.75, 3.05) is 0 Å². The number of aromatic nitrogens is 1. The van der Waals surface area contributed by atoms with Crippen molar-refractivity contribution in [3.05, 3.63) is 29.1 Å². The van der Waals surface area contributed by atoms with Crippen LogP contribution >= 0.6 is 15.9 Å². The van der Waals surface area contributed by atoms with Crippen LogP contribution in [0.2, 0.25) is 0 Å². The molecule has 0 fully saturated rings. The molecule has 0 saturated carbocycles. The molecule has 0 aromatic carbocycles. The van der Waals surface area contributed by atoms with Crippen LogP contribution in [0.3, 0.4) is 0 Å². The Bertz CT molecular complexity index is 464. The second-order valence-electron chi connectivity index (χ2n) is 3.44. The Morgan fingerprint density at radius 2 is 1.47 bits per heavy atom. The zero-order valence-corrected chi connectivity index (χ0v) is 10.3. The van der Waals surface area contributed by atoms with Crippen LogP contribution in [-0.4, -0.2) is 11.2 Å². The smallest absolute Gasteiger partial charge is 0.247 e. The first-order valence-corrected chi connectivity index (χ1v) is 5.61. The molecular weight excluding hydrogens is 354 g/mol. The van der Waals surface area contributed by atoms with Crippen molar-refractivity contribution in [1.29, 1.82) is 0 Å². The first-order chi connectivity index (χ1) is 8.39. The predicted molar refractivity (Wildman–Crippen MR) is 51.8 cm³/mol. The average molecular weight is 358 g/mol. The van der Waals surface area contributed by atoms with Crippen molar-refractivity contribution in [3.63, 3.8) is 0 Å². The number of halogens is 9. The minimum atomic E-state index is -5.99. The number of alkyl halides is 9. The normalized spacial score (nSPS) is 13.7. The number of pyridine rings is 1. The van der Waals surface area contributed by atoms with E-state index in [-0.39, 0.29) is 12.1 Å². The predicted octanol–water partition coefficient (Wildman–Crippen LogP) is 4.65. The molecule has 10 heteroatoms. The third kappa shape index (κ3) is 3.34. The third-order valence-electron chi connectivity index (χ3n) is 2.02. The van der Waals surface area contributed by atoms with Gasteiger partial charge in [-0.05, 0) is 12.1 Å². The molecular formula is C9H4BrF8N. The Balaban J connectivity index is 3.45. The zero-order valence-electron chi connectivity index (χ0n) is 8.71. The lowest BCUT2D eigenvalue weighted by atomic mass is 10.1. The van der Waals surface area contributed by atoms with Gasteiger partial charge in [0, 0.05) is 10.9 Å². The highest BCUT2D eigenvalue weighted by Crippen LogP contribution is 2.45. The van der Waals surface area contributed by atoms with Gasteiger partial charge < -0.3 is 0 Å². The molecule has 1 rings (SSSR count). The summed E-state index contributed by atoms with van der Waals surface area (Å²) in [7, 11) is 0. The Hall–Kier alpha value is -0.930. The molecule has 1 heterocycles. The Kier molecular flexibility index (Phi) is 4.14. The molecule has 0 bridgehead atoms. The van der Waals surface area contributed by atoms with E-state index in [4.69, 9.17) is 0 Å². The number of hydrogen-bond donors (Lipinski definition) is 0. The fourth-order valence-corrected chi connectivity index (χ4v) is 1.43. The standard InChI is InChI=1S/C9H4BrF8N/c10-3-5-1-4(7(11,12)9(16,17)18)2-6(19-5)8(13,14)15/h1-2H,3H2. The summed E-state index contributed by atoms with van der Waals surface area (Å²) in [6, 6.07) is -0.0306. The lowest BCUT2D eigenvalue weighted by molar-refractivity contribution is -0.289. The van der Waals surface area contributed by atoms with E-state index < -0.39 is 40.6 Å². The molecule has 1 aromatic heterocycles. The first-order valence-electron chi connectivity index (χ1n) is 4.48. The van der Waals surface area contributed by atoms with E-state index in [2.05, 4.69) is 20.9 Å². The minimum absolute atomic E-state index is 0.275. The third-order valence-corrected chi connectivity index (χ3v) is 2.60. The minimum Gasteiger partial charge on any atom is -0.247 e. The summed E-state index contributed by atoms with van der Waals surface area (Å²) in [5, 5.41) is -0.391. The highest BCUT2D eigenvalue weighted by molar-refractivity contribution is 9.08. The van der Waals surface area contributed by atoms with Crippen LogP contribution in [0.15, 0.2) is 12.1 Å². The van der Waals surface area contributed by atoms with Crippen LogP contribution in [-0.2, 0) is 17.4 Å². The lowest BCUT2D eigenvalue weighted by Crippen LogP contribution is -2.34. The van der Waals surface area contributed by atoms with Gasteiger partial charge in [-0.15, -0.1) is 0 Å². The van der Waals surface area contributed by atoms with Crippen LogP contribution in [0.5, 0.6) is 0 Å². The molecule has 0 saturated heterocycles. The summed E-state index contributed by atoms with van der Waals surface area (Å²) < 4.78 is 99.5. The molecule has 0 atom stereocenters. The first kappa shape index (κ1) is 16.1. The summed E-state index contributed by atoms with van der Waals surface area (Å²) in [6.07, 6.45) is -11.1. The topological polar surface area (TPSA) is 12.9 Å². The Labute approximate surface area is 109 Å². The van der Waals surface area contributed by atoms with E-state index in [0.29, 0.717) is 0 Å². The highest BCUT2D eigenvalue weighted by Gasteiger charge is 2.59. The van der Waals surface area contributed by atoms with Gasteiger partial charge in [0.2, 0.25) is 0 Å². The number of rotatable bonds is 2. The summed E-state index contributed by atoms with van der Waals surface area (Å²) in [5.74, 6) is -5.38. The van der Waals surface area contributed by atoms with Crippen LogP contribution in [0.25, 0.3) is 0 Å². The van der Waals surface area contributed by atoms with Gasteiger partial charge >= 0.3 is 18.3 Å². The van der Waals surface area contributed by atoms with Crippen LogP contribution < -0.4 is 0 Å². The van der Waals surface area contributed by atoms with E-state index >= 15 is 0 Å². The quantitative estimate of drug-likeness (QED) is 0.554. The molecule has 19 heavy (non-hydrogen) atoms. The van der Waals surface area contributed by atoms with Crippen LogP contribution in [0, 0.1) is 0 Å². The summed E-state index contributed by atoms with van der Waals surface area (Å²) >= 11 is 2.65. The second-order valence-corrected chi connectivity index (χ2v) is 4.00. The maximum absolute atomic E-state index is 13.0. The van der Waals surface area contributed by atoms with Gasteiger partial charge in [0.05, 0.1) is 5.69 Å². The van der Waals surface area contributed by atoms with Gasteiger partial charge in [-0.25, -0.2) is 4.98 Å². The fourth-order valence-electron chi connectivity index (χ4n) is 1.15. The molecule has 1 nitrogen and oxygen atoms in total. The zero-order chi connectivity index (χ0) is 15.1. The van der Waals surface area contributed by atoms with Gasteiger partial charge in [0.1, 0.15) is 5.69 Å². The summed E-state index contributed by atoms with van der Waals surface area (Å²) in [5.41, 5.74) is -4.17. The molecule has 0 spiro atoms. The van der Waals surface area contributed by atoms with Crippen molar-refractivity contribution in [2.45, 2.75) is 23.6 Å². The molecule has 0 unspecified atom stereocenters. The van der Waals surface area contributed by atoms with E-state index in [0.717, 1.165) is 0 Å². The van der Waals surface area contributed by atoms with Gasteiger partial charge in [-0.1, -0.05) is 15.9 Å². The van der Waals surface area contributed by atoms with Crippen molar-refractivity contribution in [3.8, 4) is 0 Å². The number of nitrogens with zero attached hydrogens (tertiary/aromatic N) is 1. The number of hydrogen-bond acceptors (Lipinski definition) is 1. The molecule has 0 radical (unpaired) electrons. The van der Waals surface area contributed by atoms with Gasteiger partial charge in [0.15, 0.2) is 0 Å². The van der Waals surface area contributed by atoms with E-state index in [1.165, 1.54) is 0 Å². The second kappa shape index (κ2) is 4.88. The van der Waals surface area contributed by atoms with E-state index in [1.54, 1.807) is 0 Å². The molecule has 108 valence electrons. The monoisotopic (exact) mass is 357 g/mol. The highest BCUT2D eigenvalue weighted by atomic mass is 79.9. The van der Waals surface area contributed by atoms with E-state index in [9.17, 15) is 35.1 Å². The van der Waals surface area contributed by atoms with Gasteiger partial charge in [0.25, 0.3) is 0 Å². The molecule has 0 N–H and O–H groups in total. The Morgan fingerprint density at radius 3 is 1.84 bits per heavy atom. The maximum Gasteiger partial charge on any atom is 0.458 e. The van der Waals surface area contributed by atoms with Crippen molar-refractivity contribution in [2.24, 2.45) is 0 Å². The van der Waals surface area contributed by atoms with E-state index in [1.807, 2.05) is 0 Å². The lowest BCUT2D eigenvalue weighted by Gasteiger charge is -2.21. The molecule has 1 aromatic rings. The molecule has 0 aliphatic rings. The molecule has 0 amide bonds. The van der Waals surface area contributed by atoms with Gasteiger partial charge in [-0.2, -0.15) is 35.1 Å². The van der Waals surface area contributed by atoms with Crippen molar-refractivity contribution < 1.29 is 35.1 Å². The Morgan fingerprint density at radius 1 is 0.947 bits per heavy atom. The molecule has 0 aliphatic heterocycles. The summed E-state index contributed by atoms with van der Waals surface area (Å²) in [6.45, 7) is 0. The molecule has 0 aliphatic carbocycles. The SMILES string of the molecule is FC(F)(F)c1cc(C(F)(F)C(F)(F)F)cc(CBr)n1. The van der Waals surface area contributed by atoms with Crippen LogP contribution in [0.4, 0.5) is 35.1 Å². The van der Waals surface area contributed by atoms with Crippen molar-refractivity contribution in [1.82, 2.24) is 4.98 Å². The fraction of sp³-hybridized carbons (Fsp3) is 0.444. The summed E-state index contributed by atoms with van der Waals surface area (Å²) in [4.78, 5) is 2.95. The maximum atomic E-state index is 13.0. The van der Waals surface area contributed by atoms with Crippen molar-refractivity contribution >= 4 is 15.9 Å². The van der Waals surface area contributed by atoms with Gasteiger partial charge in [-0.3, -0.25) is 0 Å².